The maximum atomic E-state index is 14.1. The van der Waals surface area contributed by atoms with Crippen LogP contribution in [0.1, 0.15) is 45.3 Å². The van der Waals surface area contributed by atoms with Crippen molar-refractivity contribution in [1.29, 1.82) is 0 Å². The van der Waals surface area contributed by atoms with Crippen LogP contribution in [0.3, 0.4) is 0 Å². The zero-order chi connectivity index (χ0) is 21.5. The fourth-order valence-electron chi connectivity index (χ4n) is 4.62. The van der Waals surface area contributed by atoms with Crippen molar-refractivity contribution in [3.05, 3.63) is 86.4 Å². The highest BCUT2D eigenvalue weighted by Gasteiger charge is 2.36. The minimum absolute atomic E-state index is 0.0690. The first-order chi connectivity index (χ1) is 15.0. The maximum Gasteiger partial charge on any atom is 0.322 e. The van der Waals surface area contributed by atoms with Gasteiger partial charge in [-0.1, -0.05) is 12.1 Å². The predicted molar refractivity (Wildman–Crippen MR) is 115 cm³/mol. The van der Waals surface area contributed by atoms with Crippen LogP contribution in [-0.4, -0.2) is 17.5 Å². The van der Waals surface area contributed by atoms with Crippen LogP contribution in [0.4, 0.5) is 23.7 Å². The number of thiophene rings is 1. The van der Waals surface area contributed by atoms with E-state index in [1.54, 1.807) is 28.4 Å². The van der Waals surface area contributed by atoms with Crippen LogP contribution in [0.15, 0.2) is 42.5 Å². The van der Waals surface area contributed by atoms with E-state index < -0.39 is 17.7 Å². The Labute approximate surface area is 182 Å². The summed E-state index contributed by atoms with van der Waals surface area (Å²) in [5.41, 5.74) is 3.48. The topological polar surface area (TPSA) is 32.3 Å². The molecule has 2 aromatic carbocycles. The highest BCUT2D eigenvalue weighted by Crippen LogP contribution is 2.45. The molecule has 3 nitrogen and oxygen atoms in total. The third-order valence-electron chi connectivity index (χ3n) is 6.09. The Bertz CT molecular complexity index is 1140. The average Bonchev–Trinajstić information content (AvgIpc) is 3.14. The molecule has 1 aliphatic heterocycles. The summed E-state index contributed by atoms with van der Waals surface area (Å²) in [6.07, 6.45) is 5.19. The van der Waals surface area contributed by atoms with E-state index in [1.165, 1.54) is 47.0 Å². The summed E-state index contributed by atoms with van der Waals surface area (Å²) < 4.78 is 41.0. The second-order valence-corrected chi connectivity index (χ2v) is 9.14. The molecule has 160 valence electrons. The second-order valence-electron chi connectivity index (χ2n) is 8.01. The van der Waals surface area contributed by atoms with E-state index in [1.807, 2.05) is 0 Å². The number of aryl methyl sites for hydroxylation is 1. The van der Waals surface area contributed by atoms with E-state index >= 15 is 0 Å². The first kappa shape index (κ1) is 20.1. The summed E-state index contributed by atoms with van der Waals surface area (Å²) in [6.45, 7) is 0.465. The second kappa shape index (κ2) is 8.04. The number of halogens is 3. The Morgan fingerprint density at radius 2 is 1.68 bits per heavy atom. The molecule has 31 heavy (non-hydrogen) atoms. The molecule has 0 unspecified atom stereocenters. The van der Waals surface area contributed by atoms with Crippen LogP contribution in [0.5, 0.6) is 0 Å². The molecule has 0 saturated carbocycles. The molecule has 0 spiro atoms. The van der Waals surface area contributed by atoms with Crippen molar-refractivity contribution >= 4 is 23.1 Å². The number of rotatable bonds is 2. The van der Waals surface area contributed by atoms with Crippen molar-refractivity contribution in [3.8, 4) is 0 Å². The fraction of sp³-hybridized carbons (Fsp3) is 0.292. The lowest BCUT2D eigenvalue weighted by molar-refractivity contribution is 0.195. The van der Waals surface area contributed by atoms with Crippen LogP contribution in [-0.2, 0) is 19.3 Å². The Hall–Kier alpha value is -2.80. The molecule has 2 heterocycles. The molecule has 0 saturated heterocycles. The number of carbonyl (C=O) groups is 1. The zero-order valence-electron chi connectivity index (χ0n) is 16.8. The van der Waals surface area contributed by atoms with Crippen molar-refractivity contribution in [2.24, 2.45) is 0 Å². The van der Waals surface area contributed by atoms with Crippen molar-refractivity contribution in [2.45, 2.75) is 38.1 Å². The van der Waals surface area contributed by atoms with Gasteiger partial charge in [0.2, 0.25) is 0 Å². The third-order valence-corrected chi connectivity index (χ3v) is 7.48. The zero-order valence-corrected chi connectivity index (χ0v) is 17.6. The van der Waals surface area contributed by atoms with Crippen LogP contribution in [0.2, 0.25) is 0 Å². The highest BCUT2D eigenvalue weighted by molar-refractivity contribution is 7.12. The maximum absolute atomic E-state index is 14.1. The Balaban J connectivity index is 1.53. The SMILES string of the molecule is O=C(Nc1ccc(F)cc1F)N1CCc2c(sc3c2CCCC3)[C@@H]1c1ccc(F)cc1. The lowest BCUT2D eigenvalue weighted by atomic mass is 9.88. The molecule has 5 rings (SSSR count). The lowest BCUT2D eigenvalue weighted by Gasteiger charge is -2.36. The minimum atomic E-state index is -0.823. The molecule has 1 aromatic heterocycles. The quantitative estimate of drug-likeness (QED) is 0.502. The van der Waals surface area contributed by atoms with Gasteiger partial charge >= 0.3 is 6.03 Å². The van der Waals surface area contributed by atoms with Crippen LogP contribution in [0, 0.1) is 17.5 Å². The summed E-state index contributed by atoms with van der Waals surface area (Å²) in [6, 6.07) is 8.43. The van der Waals surface area contributed by atoms with E-state index in [0.717, 1.165) is 41.8 Å². The predicted octanol–water partition coefficient (Wildman–Crippen LogP) is 6.22. The summed E-state index contributed by atoms with van der Waals surface area (Å²) in [5, 5.41) is 2.59. The summed E-state index contributed by atoms with van der Waals surface area (Å²) in [4.78, 5) is 17.4. The van der Waals surface area contributed by atoms with Crippen LogP contribution in [0.25, 0.3) is 0 Å². The number of hydrogen-bond donors (Lipinski definition) is 1. The standard InChI is InChI=1S/C24H21F3N2OS/c25-15-7-5-14(6-8-15)22-23-18(17-3-1-2-4-21(17)31-23)11-12-29(22)24(30)28-20-10-9-16(26)13-19(20)27/h5-10,13,22H,1-4,11-12H2,(H,28,30)/t22-/m0/s1. The number of benzene rings is 2. The van der Waals surface area contributed by atoms with Gasteiger partial charge in [0.1, 0.15) is 17.5 Å². The first-order valence-corrected chi connectivity index (χ1v) is 11.2. The fourth-order valence-corrected chi connectivity index (χ4v) is 6.21. The summed E-state index contributed by atoms with van der Waals surface area (Å²) in [7, 11) is 0. The monoisotopic (exact) mass is 442 g/mol. The summed E-state index contributed by atoms with van der Waals surface area (Å²) >= 11 is 1.74. The van der Waals surface area contributed by atoms with E-state index in [0.29, 0.717) is 6.54 Å². The lowest BCUT2D eigenvalue weighted by Crippen LogP contribution is -2.42. The largest absolute Gasteiger partial charge is 0.322 e. The smallest absolute Gasteiger partial charge is 0.312 e. The first-order valence-electron chi connectivity index (χ1n) is 10.4. The number of amides is 2. The van der Waals surface area contributed by atoms with Crippen molar-refractivity contribution in [3.63, 3.8) is 0 Å². The number of nitrogens with zero attached hydrogens (tertiary/aromatic N) is 1. The molecule has 2 amide bonds. The number of hydrogen-bond acceptors (Lipinski definition) is 2. The number of anilines is 1. The molecule has 1 atom stereocenters. The summed E-state index contributed by atoms with van der Waals surface area (Å²) in [5.74, 6) is -1.86. The van der Waals surface area contributed by atoms with E-state index in [4.69, 9.17) is 0 Å². The number of carbonyl (C=O) groups excluding carboxylic acids is 1. The van der Waals surface area contributed by atoms with Gasteiger partial charge in [-0.25, -0.2) is 18.0 Å². The molecule has 0 radical (unpaired) electrons. The molecule has 1 aliphatic carbocycles. The van der Waals surface area contributed by atoms with E-state index in [2.05, 4.69) is 5.32 Å². The van der Waals surface area contributed by atoms with Crippen molar-refractivity contribution in [1.82, 2.24) is 4.90 Å². The Morgan fingerprint density at radius 3 is 2.45 bits per heavy atom. The minimum Gasteiger partial charge on any atom is -0.312 e. The van der Waals surface area contributed by atoms with Gasteiger partial charge in [-0.2, -0.15) is 0 Å². The highest BCUT2D eigenvalue weighted by atomic mass is 32.1. The molecule has 7 heteroatoms. The van der Waals surface area contributed by atoms with Gasteiger partial charge in [0.05, 0.1) is 11.7 Å². The molecule has 3 aromatic rings. The van der Waals surface area contributed by atoms with Gasteiger partial charge in [0, 0.05) is 22.4 Å². The van der Waals surface area contributed by atoms with E-state index in [-0.39, 0.29) is 17.5 Å². The van der Waals surface area contributed by atoms with Gasteiger partial charge in [-0.3, -0.25) is 0 Å². The van der Waals surface area contributed by atoms with Gasteiger partial charge in [0.15, 0.2) is 0 Å². The molecule has 1 N–H and O–H groups in total. The number of nitrogens with one attached hydrogen (secondary N) is 1. The van der Waals surface area contributed by atoms with Gasteiger partial charge in [-0.15, -0.1) is 11.3 Å². The van der Waals surface area contributed by atoms with Gasteiger partial charge in [-0.05, 0) is 73.1 Å². The van der Waals surface area contributed by atoms with E-state index in [9.17, 15) is 18.0 Å². The Morgan fingerprint density at radius 1 is 0.935 bits per heavy atom. The van der Waals surface area contributed by atoms with Crippen LogP contribution >= 0.6 is 11.3 Å². The third kappa shape index (κ3) is 3.71. The van der Waals surface area contributed by atoms with Gasteiger partial charge < -0.3 is 10.2 Å². The normalized spacial score (nSPS) is 17.8. The van der Waals surface area contributed by atoms with Crippen molar-refractivity contribution in [2.75, 3.05) is 11.9 Å². The molecule has 0 bridgehead atoms. The average molecular weight is 443 g/mol. The molecule has 0 fully saturated rings. The molecular formula is C24H21F3N2OS. The Kier molecular flexibility index (Phi) is 5.22. The van der Waals surface area contributed by atoms with Crippen molar-refractivity contribution < 1.29 is 18.0 Å². The molecule has 2 aliphatic rings. The molecular weight excluding hydrogens is 421 g/mol. The number of fused-ring (bicyclic) bond motifs is 3. The number of urea groups is 1. The van der Waals surface area contributed by atoms with Crippen LogP contribution < -0.4 is 5.32 Å². The van der Waals surface area contributed by atoms with Gasteiger partial charge in [0.25, 0.3) is 0 Å².